The lowest BCUT2D eigenvalue weighted by atomic mass is 9.83. The molecule has 0 aromatic carbocycles. The normalized spacial score (nSPS) is 28.2. The van der Waals surface area contributed by atoms with Crippen LogP contribution in [0, 0.1) is 11.3 Å². The van der Waals surface area contributed by atoms with Crippen molar-refractivity contribution in [1.82, 2.24) is 10.6 Å². The Kier molecular flexibility index (Phi) is 9.84. The third kappa shape index (κ3) is 8.00. The minimum atomic E-state index is -2.81. The van der Waals surface area contributed by atoms with Crippen LogP contribution < -0.4 is 10.6 Å². The summed E-state index contributed by atoms with van der Waals surface area (Å²) >= 11 is 0. The third-order valence-electron chi connectivity index (χ3n) is 6.76. The highest BCUT2D eigenvalue weighted by atomic mass is 127. The van der Waals surface area contributed by atoms with Crippen molar-refractivity contribution in [1.29, 1.82) is 0 Å². The van der Waals surface area contributed by atoms with E-state index in [0.717, 1.165) is 18.9 Å². The first-order chi connectivity index (χ1) is 12.9. The molecule has 0 bridgehead atoms. The average molecular weight is 526 g/mol. The number of rotatable bonds is 5. The van der Waals surface area contributed by atoms with Crippen molar-refractivity contribution in [3.8, 4) is 0 Å². The minimum absolute atomic E-state index is 0. The maximum Gasteiger partial charge on any atom is 0.191 e. The Morgan fingerprint density at radius 2 is 1.64 bits per heavy atom. The molecule has 0 amide bonds. The Labute approximate surface area is 189 Å². The van der Waals surface area contributed by atoms with Gasteiger partial charge in [-0.3, -0.25) is 4.99 Å². The average Bonchev–Trinajstić information content (AvgIpc) is 2.85. The molecule has 0 spiro atoms. The van der Waals surface area contributed by atoms with E-state index in [1.54, 1.807) is 0 Å². The number of nitrogens with zero attached hydrogens (tertiary/aromatic N) is 1. The van der Waals surface area contributed by atoms with E-state index in [0.29, 0.717) is 29.5 Å². The maximum absolute atomic E-state index is 11.7. The highest BCUT2D eigenvalue weighted by molar-refractivity contribution is 14.0. The first kappa shape index (κ1) is 24.2. The zero-order chi connectivity index (χ0) is 19.2. The summed E-state index contributed by atoms with van der Waals surface area (Å²) in [5, 5.41) is 7.16. The van der Waals surface area contributed by atoms with Crippen molar-refractivity contribution in [2.75, 3.05) is 24.6 Å². The van der Waals surface area contributed by atoms with Crippen LogP contribution in [0.2, 0.25) is 0 Å². The van der Waals surface area contributed by atoms with Crippen molar-refractivity contribution in [3.63, 3.8) is 0 Å². The summed E-state index contributed by atoms with van der Waals surface area (Å²) in [5.41, 5.74) is 0.314. The largest absolute Gasteiger partial charge is 0.356 e. The summed E-state index contributed by atoms with van der Waals surface area (Å²) in [4.78, 5) is 5.00. The molecule has 1 atom stereocenters. The highest BCUT2D eigenvalue weighted by Gasteiger charge is 2.29. The Balaban J connectivity index is 0.00000280. The zero-order valence-electron chi connectivity index (χ0n) is 17.5. The van der Waals surface area contributed by atoms with Crippen molar-refractivity contribution < 1.29 is 8.42 Å². The second kappa shape index (κ2) is 11.4. The van der Waals surface area contributed by atoms with Gasteiger partial charge in [0, 0.05) is 19.1 Å². The molecular weight excluding hydrogens is 485 g/mol. The van der Waals surface area contributed by atoms with Gasteiger partial charge in [-0.25, -0.2) is 8.42 Å². The van der Waals surface area contributed by atoms with Crippen LogP contribution in [-0.2, 0) is 9.84 Å². The molecule has 1 heterocycles. The number of halogens is 1. The van der Waals surface area contributed by atoms with Gasteiger partial charge >= 0.3 is 0 Å². The molecule has 5 nitrogen and oxygen atoms in total. The molecule has 28 heavy (non-hydrogen) atoms. The van der Waals surface area contributed by atoms with Gasteiger partial charge in [-0.2, -0.15) is 0 Å². The van der Waals surface area contributed by atoms with Crippen LogP contribution >= 0.6 is 24.0 Å². The Hall–Kier alpha value is -0.0500. The number of sulfone groups is 1. The lowest BCUT2D eigenvalue weighted by molar-refractivity contribution is 0.289. The van der Waals surface area contributed by atoms with Gasteiger partial charge in [-0.1, -0.05) is 51.9 Å². The molecule has 1 aliphatic heterocycles. The van der Waals surface area contributed by atoms with E-state index in [9.17, 15) is 8.42 Å². The third-order valence-corrected chi connectivity index (χ3v) is 8.60. The topological polar surface area (TPSA) is 70.6 Å². The van der Waals surface area contributed by atoms with E-state index in [2.05, 4.69) is 17.6 Å². The van der Waals surface area contributed by atoms with Crippen molar-refractivity contribution in [2.24, 2.45) is 16.3 Å². The molecule has 1 unspecified atom stereocenters. The number of hydrogen-bond acceptors (Lipinski definition) is 3. The summed E-state index contributed by atoms with van der Waals surface area (Å²) < 4.78 is 23.5. The zero-order valence-corrected chi connectivity index (χ0v) is 20.7. The molecule has 0 radical (unpaired) electrons. The quantitative estimate of drug-likeness (QED) is 0.244. The van der Waals surface area contributed by atoms with E-state index < -0.39 is 9.84 Å². The number of guanidine groups is 1. The Bertz CT molecular complexity index is 595. The second-order valence-electron chi connectivity index (χ2n) is 9.52. The van der Waals surface area contributed by atoms with Crippen molar-refractivity contribution in [2.45, 2.75) is 90.0 Å². The molecule has 3 aliphatic rings. The molecule has 0 aromatic heterocycles. The standard InChI is InChI=1S/C21H39N3O2S.HI/c1-21(12-7-2-3-8-13-21)17-23-20(24-19-9-5-4-6-10-19)22-15-18-11-14-27(25,26)16-18;/h18-19H,2-17H2,1H3,(H2,22,23,24);1H. The van der Waals surface area contributed by atoms with Gasteiger partial charge in [-0.05, 0) is 43.4 Å². The molecule has 3 fully saturated rings. The maximum atomic E-state index is 11.7. The van der Waals surface area contributed by atoms with Crippen LogP contribution in [0.25, 0.3) is 0 Å². The molecular formula is C21H40IN3O2S. The lowest BCUT2D eigenvalue weighted by Gasteiger charge is -2.29. The fourth-order valence-electron chi connectivity index (χ4n) is 4.88. The van der Waals surface area contributed by atoms with Crippen LogP contribution in [0.1, 0.15) is 84.0 Å². The van der Waals surface area contributed by atoms with E-state index in [1.165, 1.54) is 70.6 Å². The summed E-state index contributed by atoms with van der Waals surface area (Å²) in [5.74, 6) is 1.81. The van der Waals surface area contributed by atoms with Crippen molar-refractivity contribution in [3.05, 3.63) is 0 Å². The molecule has 7 heteroatoms. The van der Waals surface area contributed by atoms with Crippen LogP contribution in [0.15, 0.2) is 4.99 Å². The molecule has 2 aliphatic carbocycles. The second-order valence-corrected chi connectivity index (χ2v) is 11.7. The SMILES string of the molecule is CC1(CN=C(NCC2CCS(=O)(=O)C2)NC2CCCCC2)CCCCCC1.I. The van der Waals surface area contributed by atoms with Gasteiger partial charge in [-0.15, -0.1) is 24.0 Å². The van der Waals surface area contributed by atoms with Crippen LogP contribution in [-0.4, -0.2) is 45.0 Å². The molecule has 2 saturated carbocycles. The van der Waals surface area contributed by atoms with E-state index >= 15 is 0 Å². The first-order valence-electron chi connectivity index (χ1n) is 11.2. The van der Waals surface area contributed by atoms with Gasteiger partial charge in [0.05, 0.1) is 11.5 Å². The number of nitrogens with one attached hydrogen (secondary N) is 2. The highest BCUT2D eigenvalue weighted by Crippen LogP contribution is 2.34. The summed E-state index contributed by atoms with van der Waals surface area (Å²) in [6, 6.07) is 0.513. The first-order valence-corrected chi connectivity index (χ1v) is 13.0. The molecule has 1 saturated heterocycles. The van der Waals surface area contributed by atoms with Gasteiger partial charge in [0.2, 0.25) is 0 Å². The van der Waals surface area contributed by atoms with Gasteiger partial charge in [0.1, 0.15) is 0 Å². The summed E-state index contributed by atoms with van der Waals surface area (Å²) in [6.45, 7) is 3.98. The van der Waals surface area contributed by atoms with Crippen molar-refractivity contribution >= 4 is 39.8 Å². The van der Waals surface area contributed by atoms with E-state index in [-0.39, 0.29) is 29.9 Å². The van der Waals surface area contributed by atoms with Gasteiger partial charge in [0.15, 0.2) is 15.8 Å². The number of aliphatic imine (C=N–C) groups is 1. The molecule has 2 N–H and O–H groups in total. The summed E-state index contributed by atoms with van der Waals surface area (Å²) in [7, 11) is -2.81. The Morgan fingerprint density at radius 3 is 2.25 bits per heavy atom. The van der Waals surface area contributed by atoms with Crippen LogP contribution in [0.4, 0.5) is 0 Å². The molecule has 3 rings (SSSR count). The lowest BCUT2D eigenvalue weighted by Crippen LogP contribution is -2.46. The van der Waals surface area contributed by atoms with Gasteiger partial charge < -0.3 is 10.6 Å². The van der Waals surface area contributed by atoms with Crippen LogP contribution in [0.3, 0.4) is 0 Å². The minimum Gasteiger partial charge on any atom is -0.356 e. The Morgan fingerprint density at radius 1 is 1.00 bits per heavy atom. The molecule has 0 aromatic rings. The van der Waals surface area contributed by atoms with Gasteiger partial charge in [0.25, 0.3) is 0 Å². The predicted octanol–water partition coefficient (Wildman–Crippen LogP) is 4.27. The fraction of sp³-hybridized carbons (Fsp3) is 0.952. The van der Waals surface area contributed by atoms with E-state index in [4.69, 9.17) is 4.99 Å². The summed E-state index contributed by atoms with van der Waals surface area (Å²) in [6.07, 6.45) is 15.1. The smallest absolute Gasteiger partial charge is 0.191 e. The predicted molar refractivity (Wildman–Crippen MR) is 128 cm³/mol. The monoisotopic (exact) mass is 525 g/mol. The van der Waals surface area contributed by atoms with Crippen LogP contribution in [0.5, 0.6) is 0 Å². The molecule has 164 valence electrons. The number of hydrogen-bond donors (Lipinski definition) is 2. The fourth-order valence-corrected chi connectivity index (χ4v) is 6.74. The van der Waals surface area contributed by atoms with E-state index in [1.807, 2.05) is 0 Å².